The van der Waals surface area contributed by atoms with Gasteiger partial charge in [0, 0.05) is 48.6 Å². The van der Waals surface area contributed by atoms with Crippen LogP contribution in [-0.4, -0.2) is 30.7 Å². The number of alkyl halides is 3. The van der Waals surface area contributed by atoms with Gasteiger partial charge in [0.2, 0.25) is 5.95 Å². The van der Waals surface area contributed by atoms with E-state index in [1.54, 1.807) is 23.3 Å². The Bertz CT molecular complexity index is 1360. The average molecular weight is 462 g/mol. The third-order valence-electron chi connectivity index (χ3n) is 4.84. The number of pyridine rings is 1. The van der Waals surface area contributed by atoms with Gasteiger partial charge in [-0.25, -0.2) is 15.0 Å². The number of imidazole rings is 1. The average Bonchev–Trinajstić information content (AvgIpc) is 3.38. The summed E-state index contributed by atoms with van der Waals surface area (Å²) in [6.07, 6.45) is 2.99. The van der Waals surface area contributed by atoms with Crippen LogP contribution in [0.15, 0.2) is 85.6 Å². The smallest absolute Gasteiger partial charge is 0.326 e. The number of hydrogen-bond acceptors (Lipinski definition) is 5. The molecule has 3 heterocycles. The Morgan fingerprint density at radius 1 is 0.941 bits per heavy atom. The molecular weight excluding hydrogens is 441 g/mol. The van der Waals surface area contributed by atoms with Crippen LogP contribution in [0, 0.1) is 0 Å². The van der Waals surface area contributed by atoms with Gasteiger partial charge >= 0.3 is 6.18 Å². The van der Waals surface area contributed by atoms with Crippen molar-refractivity contribution in [2.24, 2.45) is 5.73 Å². The molecule has 3 aromatic heterocycles. The lowest BCUT2D eigenvalue weighted by molar-refractivity contribution is -0.110. The molecule has 6 nitrogen and oxygen atoms in total. The molecule has 0 aliphatic rings. The van der Waals surface area contributed by atoms with E-state index in [-0.39, 0.29) is 6.92 Å². The Morgan fingerprint density at radius 3 is 2.26 bits per heavy atom. The van der Waals surface area contributed by atoms with Gasteiger partial charge < -0.3 is 5.73 Å². The van der Waals surface area contributed by atoms with Gasteiger partial charge in [0.1, 0.15) is 6.33 Å². The van der Waals surface area contributed by atoms with E-state index in [2.05, 4.69) is 45.3 Å². The number of nitrogens with zero attached hydrogens (tertiary/aromatic N) is 5. The maximum Gasteiger partial charge on any atom is 0.386 e. The fourth-order valence-corrected chi connectivity index (χ4v) is 3.31. The van der Waals surface area contributed by atoms with Crippen LogP contribution in [0.1, 0.15) is 12.5 Å². The molecule has 0 spiro atoms. The quantitative estimate of drug-likeness (QED) is 0.377. The van der Waals surface area contributed by atoms with Crippen LogP contribution in [-0.2, 0) is 6.54 Å². The standard InChI is InChI=1S/C23H18N6.C2H3F3/c24-13-16-6-8-18(9-7-16)21-20(17-4-2-1-3-5-17)12-19-14-26-23(28-22(19)27-21)29-11-10-25-15-29;1-2(3,4)5/h1-12,14-15H,13,24H2;1H3. The molecule has 2 aromatic carbocycles. The highest BCUT2D eigenvalue weighted by Crippen LogP contribution is 2.33. The molecule has 9 heteroatoms. The summed E-state index contributed by atoms with van der Waals surface area (Å²) in [7, 11) is 0. The molecule has 0 bridgehead atoms. The number of benzene rings is 2. The van der Waals surface area contributed by atoms with E-state index in [0.29, 0.717) is 18.1 Å². The number of fused-ring (bicyclic) bond motifs is 1. The zero-order valence-corrected chi connectivity index (χ0v) is 18.2. The highest BCUT2D eigenvalue weighted by molar-refractivity contribution is 5.90. The largest absolute Gasteiger partial charge is 0.386 e. The van der Waals surface area contributed by atoms with Crippen molar-refractivity contribution in [3.05, 3.63) is 91.1 Å². The maximum atomic E-state index is 10.4. The second kappa shape index (κ2) is 9.80. The van der Waals surface area contributed by atoms with E-state index in [1.807, 2.05) is 36.5 Å². The number of hydrogen-bond donors (Lipinski definition) is 1. The lowest BCUT2D eigenvalue weighted by atomic mass is 9.98. The van der Waals surface area contributed by atoms with E-state index in [0.717, 1.165) is 33.3 Å². The van der Waals surface area contributed by atoms with Crippen molar-refractivity contribution in [2.45, 2.75) is 19.6 Å². The molecule has 0 atom stereocenters. The summed E-state index contributed by atoms with van der Waals surface area (Å²) in [5.74, 6) is 0.541. The summed E-state index contributed by atoms with van der Waals surface area (Å²) in [5.41, 5.74) is 11.5. The molecule has 5 rings (SSSR count). The third-order valence-corrected chi connectivity index (χ3v) is 4.84. The van der Waals surface area contributed by atoms with Crippen LogP contribution in [0.3, 0.4) is 0 Å². The van der Waals surface area contributed by atoms with E-state index >= 15 is 0 Å². The molecule has 0 saturated carbocycles. The van der Waals surface area contributed by atoms with Gasteiger partial charge in [0.05, 0.1) is 5.69 Å². The molecule has 2 N–H and O–H groups in total. The second-order valence-electron chi connectivity index (χ2n) is 7.49. The Hall–Kier alpha value is -4.11. The first-order chi connectivity index (χ1) is 16.3. The minimum Gasteiger partial charge on any atom is -0.326 e. The highest BCUT2D eigenvalue weighted by Gasteiger charge is 2.16. The summed E-state index contributed by atoms with van der Waals surface area (Å²) in [5, 5.41) is 0.884. The molecule has 34 heavy (non-hydrogen) atoms. The van der Waals surface area contributed by atoms with Crippen LogP contribution < -0.4 is 5.73 Å². The molecule has 0 fully saturated rings. The molecular formula is C25H21F3N6. The van der Waals surface area contributed by atoms with E-state index in [4.69, 9.17) is 10.7 Å². The SMILES string of the molecule is CC(F)(F)F.NCc1ccc(-c2nc3nc(-n4ccnc4)ncc3cc2-c2ccccc2)cc1. The van der Waals surface area contributed by atoms with Crippen LogP contribution in [0.5, 0.6) is 0 Å². The monoisotopic (exact) mass is 462 g/mol. The van der Waals surface area contributed by atoms with Gasteiger partial charge in [0.15, 0.2) is 5.65 Å². The normalized spacial score (nSPS) is 11.2. The minimum atomic E-state index is -4.00. The molecule has 5 aromatic rings. The zero-order chi connectivity index (χ0) is 24.1. The number of rotatable bonds is 4. The number of aromatic nitrogens is 5. The predicted molar refractivity (Wildman–Crippen MR) is 125 cm³/mol. The first-order valence-corrected chi connectivity index (χ1v) is 10.4. The highest BCUT2D eigenvalue weighted by atomic mass is 19.4. The lowest BCUT2D eigenvalue weighted by Crippen LogP contribution is -2.01. The summed E-state index contributed by atoms with van der Waals surface area (Å²) < 4.78 is 32.8. The second-order valence-corrected chi connectivity index (χ2v) is 7.49. The predicted octanol–water partition coefficient (Wildman–Crippen LogP) is 5.57. The van der Waals surface area contributed by atoms with Crippen molar-refractivity contribution in [1.29, 1.82) is 0 Å². The first kappa shape index (κ1) is 23.1. The summed E-state index contributed by atoms with van der Waals surface area (Å²) >= 11 is 0. The van der Waals surface area contributed by atoms with Gasteiger partial charge in [0.25, 0.3) is 0 Å². The van der Waals surface area contributed by atoms with E-state index in [9.17, 15) is 13.2 Å². The van der Waals surface area contributed by atoms with Gasteiger partial charge in [-0.1, -0.05) is 54.6 Å². The van der Waals surface area contributed by atoms with Crippen LogP contribution in [0.25, 0.3) is 39.4 Å². The topological polar surface area (TPSA) is 82.5 Å². The molecule has 0 radical (unpaired) electrons. The Morgan fingerprint density at radius 2 is 1.65 bits per heavy atom. The van der Waals surface area contributed by atoms with Crippen molar-refractivity contribution in [2.75, 3.05) is 0 Å². The first-order valence-electron chi connectivity index (χ1n) is 10.4. The Balaban J connectivity index is 0.000000499. The van der Waals surface area contributed by atoms with Crippen molar-refractivity contribution in [3.8, 4) is 28.3 Å². The van der Waals surface area contributed by atoms with Gasteiger partial charge in [-0.05, 0) is 17.2 Å². The summed E-state index contributed by atoms with van der Waals surface area (Å²) in [6.45, 7) is 0.700. The van der Waals surface area contributed by atoms with Crippen LogP contribution in [0.4, 0.5) is 13.2 Å². The fourth-order valence-electron chi connectivity index (χ4n) is 3.31. The van der Waals surface area contributed by atoms with Crippen molar-refractivity contribution in [3.63, 3.8) is 0 Å². The van der Waals surface area contributed by atoms with Gasteiger partial charge in [-0.15, -0.1) is 0 Å². The van der Waals surface area contributed by atoms with Crippen molar-refractivity contribution >= 4 is 11.0 Å². The van der Waals surface area contributed by atoms with E-state index < -0.39 is 6.18 Å². The Labute approximate surface area is 194 Å². The summed E-state index contributed by atoms with van der Waals surface area (Å²) in [6, 6.07) is 20.5. The Kier molecular flexibility index (Phi) is 6.65. The third kappa shape index (κ3) is 5.62. The van der Waals surface area contributed by atoms with Crippen molar-refractivity contribution in [1.82, 2.24) is 24.5 Å². The molecule has 0 aliphatic heterocycles. The zero-order valence-electron chi connectivity index (χ0n) is 18.2. The van der Waals surface area contributed by atoms with E-state index in [1.165, 1.54) is 0 Å². The molecule has 0 unspecified atom stereocenters. The molecule has 172 valence electrons. The summed E-state index contributed by atoms with van der Waals surface area (Å²) in [4.78, 5) is 18.1. The van der Waals surface area contributed by atoms with Gasteiger partial charge in [-0.2, -0.15) is 18.2 Å². The number of nitrogens with two attached hydrogens (primary N) is 1. The molecule has 0 aliphatic carbocycles. The van der Waals surface area contributed by atoms with Crippen LogP contribution in [0.2, 0.25) is 0 Å². The fraction of sp³-hybridized carbons (Fsp3) is 0.120. The van der Waals surface area contributed by atoms with Crippen molar-refractivity contribution < 1.29 is 13.2 Å². The lowest BCUT2D eigenvalue weighted by Gasteiger charge is -2.12. The molecule has 0 amide bonds. The maximum absolute atomic E-state index is 10.4. The van der Waals surface area contributed by atoms with Gasteiger partial charge in [-0.3, -0.25) is 4.57 Å². The molecule has 0 saturated heterocycles. The number of halogens is 3. The minimum absolute atomic E-state index is 0.188. The van der Waals surface area contributed by atoms with Crippen LogP contribution >= 0.6 is 0 Å².